The number of amidine groups is 2. The molecule has 0 spiro atoms. The minimum absolute atomic E-state index is 0.371. The van der Waals surface area contributed by atoms with Gasteiger partial charge in [0.15, 0.2) is 5.84 Å². The number of aliphatic imine (C=N–C) groups is 2. The number of nitrogens with zero attached hydrogens (tertiary/aromatic N) is 2. The van der Waals surface area contributed by atoms with Crippen molar-refractivity contribution in [1.82, 2.24) is 0 Å². The normalized spacial score (nSPS) is 13.2. The van der Waals surface area contributed by atoms with Crippen LogP contribution in [0.15, 0.2) is 215 Å². The highest BCUT2D eigenvalue weighted by molar-refractivity contribution is 6.23. The summed E-state index contributed by atoms with van der Waals surface area (Å²) in [6.07, 6.45) is 11.8. The van der Waals surface area contributed by atoms with Crippen LogP contribution >= 0.6 is 0 Å². The largest absolute Gasteiger partial charge is 0.456 e. The van der Waals surface area contributed by atoms with Crippen LogP contribution in [0, 0.1) is 0 Å². The lowest BCUT2D eigenvalue weighted by molar-refractivity contribution is 0.669. The summed E-state index contributed by atoms with van der Waals surface area (Å²) in [5.74, 6) is 0.936. The maximum absolute atomic E-state index is 7.01. The van der Waals surface area contributed by atoms with Crippen LogP contribution in [0.4, 0.5) is 0 Å². The molecule has 0 saturated heterocycles. The summed E-state index contributed by atoms with van der Waals surface area (Å²) in [7, 11) is 0. The fourth-order valence-corrected chi connectivity index (χ4v) is 7.35. The summed E-state index contributed by atoms with van der Waals surface area (Å²) in [5.41, 5.74) is 20.5. The second-order valence-corrected chi connectivity index (χ2v) is 13.9. The summed E-state index contributed by atoms with van der Waals surface area (Å²) in [4.78, 5) is 10.1. The van der Waals surface area contributed by atoms with Gasteiger partial charge < -0.3 is 10.2 Å². The van der Waals surface area contributed by atoms with Gasteiger partial charge in [0.1, 0.15) is 17.0 Å². The molecule has 9 rings (SSSR count). The van der Waals surface area contributed by atoms with Crippen molar-refractivity contribution in [3.63, 3.8) is 0 Å². The summed E-state index contributed by atoms with van der Waals surface area (Å²) in [6, 6.07) is 58.6. The molecule has 268 valence electrons. The molecule has 0 unspecified atom stereocenters. The van der Waals surface area contributed by atoms with Gasteiger partial charge in [-0.25, -0.2) is 4.99 Å². The summed E-state index contributed by atoms with van der Waals surface area (Å²) in [6.45, 7) is 0.470. The summed E-state index contributed by atoms with van der Waals surface area (Å²) >= 11 is 0. The Morgan fingerprint density at radius 2 is 1.12 bits per heavy atom. The highest BCUT2D eigenvalue weighted by Crippen LogP contribution is 2.39. The van der Waals surface area contributed by atoms with Gasteiger partial charge in [-0.05, 0) is 68.6 Å². The van der Waals surface area contributed by atoms with Crippen LogP contribution in [0.3, 0.4) is 0 Å². The van der Waals surface area contributed by atoms with E-state index in [-0.39, 0.29) is 0 Å². The van der Waals surface area contributed by atoms with Gasteiger partial charge in [0.2, 0.25) is 0 Å². The Hall–Kier alpha value is -7.30. The average Bonchev–Trinajstić information content (AvgIpc) is 3.44. The number of hydrogen-bond donors (Lipinski definition) is 1. The van der Waals surface area contributed by atoms with Crippen LogP contribution in [0.25, 0.3) is 60.9 Å². The van der Waals surface area contributed by atoms with E-state index in [0.29, 0.717) is 18.2 Å². The summed E-state index contributed by atoms with van der Waals surface area (Å²) < 4.78 is 6.45. The third-order valence-corrected chi connectivity index (χ3v) is 10.3. The Labute approximate surface area is 327 Å². The molecule has 56 heavy (non-hydrogen) atoms. The predicted molar refractivity (Wildman–Crippen MR) is 235 cm³/mol. The molecule has 0 amide bonds. The van der Waals surface area contributed by atoms with Crippen LogP contribution in [-0.4, -0.2) is 11.7 Å². The molecule has 4 nitrogen and oxygen atoms in total. The predicted octanol–water partition coefficient (Wildman–Crippen LogP) is 12.8. The van der Waals surface area contributed by atoms with Crippen molar-refractivity contribution in [2.45, 2.75) is 13.0 Å². The van der Waals surface area contributed by atoms with E-state index in [1.807, 2.05) is 54.6 Å². The molecule has 2 N–H and O–H groups in total. The van der Waals surface area contributed by atoms with Crippen molar-refractivity contribution in [3.05, 3.63) is 222 Å². The quantitative estimate of drug-likeness (QED) is 0.125. The molecule has 1 heterocycles. The van der Waals surface area contributed by atoms with Gasteiger partial charge in [0.05, 0.1) is 6.54 Å². The van der Waals surface area contributed by atoms with Gasteiger partial charge >= 0.3 is 0 Å². The number of allylic oxidation sites excluding steroid dienone is 6. The zero-order valence-electron chi connectivity index (χ0n) is 30.8. The number of hydrogen-bond acceptors (Lipinski definition) is 2. The number of nitrogens with two attached hydrogens (primary N) is 1. The van der Waals surface area contributed by atoms with Crippen molar-refractivity contribution in [2.75, 3.05) is 0 Å². The third-order valence-electron chi connectivity index (χ3n) is 10.3. The van der Waals surface area contributed by atoms with Gasteiger partial charge in [0.25, 0.3) is 0 Å². The fraction of sp³-hybridized carbons (Fsp3) is 0.0385. The van der Waals surface area contributed by atoms with Crippen molar-refractivity contribution in [1.29, 1.82) is 0 Å². The Bertz CT molecular complexity index is 2800. The minimum Gasteiger partial charge on any atom is -0.456 e. The van der Waals surface area contributed by atoms with Crippen molar-refractivity contribution in [2.24, 2.45) is 15.7 Å². The van der Waals surface area contributed by atoms with Gasteiger partial charge in [-0.15, -0.1) is 0 Å². The molecule has 0 fully saturated rings. The minimum atomic E-state index is 0.371. The summed E-state index contributed by atoms with van der Waals surface area (Å²) in [5, 5.41) is 1.93. The van der Waals surface area contributed by atoms with Crippen molar-refractivity contribution < 1.29 is 4.42 Å². The van der Waals surface area contributed by atoms with E-state index < -0.39 is 0 Å². The Kier molecular flexibility index (Phi) is 9.59. The maximum atomic E-state index is 7.01. The molecule has 1 aromatic heterocycles. The van der Waals surface area contributed by atoms with Crippen molar-refractivity contribution in [3.8, 4) is 33.4 Å². The van der Waals surface area contributed by atoms with Gasteiger partial charge in [-0.2, -0.15) is 0 Å². The average molecular weight is 722 g/mol. The first-order chi connectivity index (χ1) is 27.7. The lowest BCUT2D eigenvalue weighted by Gasteiger charge is -2.10. The van der Waals surface area contributed by atoms with Crippen LogP contribution in [0.1, 0.15) is 28.7 Å². The topological polar surface area (TPSA) is 63.9 Å². The molecule has 0 bridgehead atoms. The fourth-order valence-electron chi connectivity index (χ4n) is 7.35. The first kappa shape index (κ1) is 34.5. The Morgan fingerprint density at radius 3 is 1.84 bits per heavy atom. The highest BCUT2D eigenvalue weighted by Gasteiger charge is 2.18. The number of fused-ring (bicyclic) bond motifs is 3. The van der Waals surface area contributed by atoms with E-state index in [0.717, 1.165) is 67.3 Å². The standard InChI is InChI=1S/C52H39N3O/c53-51(46-20-12-22-48-50(46)49-45(19-11-21-47(49)56-48)43-31-27-40(28-32-43)38-17-9-4-10-18-38)55-52(54-35-36-13-5-3-6-14-36)44-33-29-42(30-34-44)41-25-23-39(24-26-41)37-15-7-1-2-8-16-37/h1,3-34H,2,35H2,(H2,53,54,55). The Morgan fingerprint density at radius 1 is 0.536 bits per heavy atom. The lowest BCUT2D eigenvalue weighted by atomic mass is 9.95. The molecule has 4 heteroatoms. The van der Waals surface area contributed by atoms with Crippen LogP contribution in [0.2, 0.25) is 0 Å². The molecule has 0 radical (unpaired) electrons. The van der Waals surface area contributed by atoms with E-state index in [2.05, 4.69) is 146 Å². The lowest BCUT2D eigenvalue weighted by Crippen LogP contribution is -2.17. The molecule has 0 atom stereocenters. The maximum Gasteiger partial charge on any atom is 0.157 e. The highest BCUT2D eigenvalue weighted by atomic mass is 16.3. The molecule has 1 aliphatic carbocycles. The van der Waals surface area contributed by atoms with Gasteiger partial charge in [-0.1, -0.05) is 188 Å². The number of rotatable bonds is 8. The number of furan rings is 1. The SMILES string of the molecule is N/C(=N\C(=N/Cc1ccccc1)c1ccc(-c2ccc(C3=CC=CCC=C3)cc2)cc1)c1cccc2oc3cccc(-c4ccc(-c5ccccc5)cc4)c3c12. The monoisotopic (exact) mass is 721 g/mol. The molecular formula is C52H39N3O. The molecule has 7 aromatic carbocycles. The first-order valence-electron chi connectivity index (χ1n) is 19.0. The smallest absolute Gasteiger partial charge is 0.157 e. The van der Waals surface area contributed by atoms with Crippen LogP contribution in [-0.2, 0) is 6.54 Å². The third kappa shape index (κ3) is 7.16. The van der Waals surface area contributed by atoms with E-state index in [4.69, 9.17) is 20.1 Å². The van der Waals surface area contributed by atoms with Gasteiger partial charge in [-0.3, -0.25) is 4.99 Å². The second-order valence-electron chi connectivity index (χ2n) is 13.9. The molecule has 0 aliphatic heterocycles. The van der Waals surface area contributed by atoms with Crippen molar-refractivity contribution >= 4 is 39.2 Å². The van der Waals surface area contributed by atoms with E-state index in [1.54, 1.807) is 0 Å². The van der Waals surface area contributed by atoms with Crippen LogP contribution < -0.4 is 5.73 Å². The van der Waals surface area contributed by atoms with Gasteiger partial charge in [0, 0.05) is 21.9 Å². The van der Waals surface area contributed by atoms with Crippen LogP contribution in [0.5, 0.6) is 0 Å². The Balaban J connectivity index is 1.08. The first-order valence-corrected chi connectivity index (χ1v) is 19.0. The molecule has 0 saturated carbocycles. The van der Waals surface area contributed by atoms with E-state index >= 15 is 0 Å². The van der Waals surface area contributed by atoms with E-state index in [1.165, 1.54) is 22.3 Å². The number of benzene rings is 7. The zero-order valence-corrected chi connectivity index (χ0v) is 30.8. The molecular weight excluding hydrogens is 683 g/mol. The molecule has 8 aromatic rings. The second kappa shape index (κ2) is 15.6. The molecule has 1 aliphatic rings. The zero-order chi connectivity index (χ0) is 37.7. The van der Waals surface area contributed by atoms with E-state index in [9.17, 15) is 0 Å².